The number of hydrogen-bond acceptors (Lipinski definition) is 4. The van der Waals surface area contributed by atoms with E-state index < -0.39 is 7.70 Å². The molecule has 2 aliphatic rings. The highest BCUT2D eigenvalue weighted by molar-refractivity contribution is 7.52. The van der Waals surface area contributed by atoms with Crippen molar-refractivity contribution < 1.29 is 14.0 Å². The van der Waals surface area contributed by atoms with E-state index in [9.17, 15) is 14.0 Å². The van der Waals surface area contributed by atoms with Gasteiger partial charge in [-0.05, 0) is 50.1 Å². The molecule has 0 saturated carbocycles. The van der Waals surface area contributed by atoms with Crippen LogP contribution in [0.3, 0.4) is 0 Å². The number of Topliss-reactive ketones (excluding diaryl/α,β-unsaturated/α-hetero) is 1. The zero-order valence-electron chi connectivity index (χ0n) is 15.2. The van der Waals surface area contributed by atoms with Crippen molar-refractivity contribution in [3.8, 4) is 0 Å². The number of halogens is 1. The molecule has 3 rings (SSSR count). The summed E-state index contributed by atoms with van der Waals surface area (Å²) >= 11 is 0. The summed E-state index contributed by atoms with van der Waals surface area (Å²) in [6.07, 6.45) is 7.01. The minimum absolute atomic E-state index is 0.0495. The van der Waals surface area contributed by atoms with Gasteiger partial charge in [-0.15, -0.1) is 0 Å². The summed E-state index contributed by atoms with van der Waals surface area (Å²) in [5.74, 6) is -0.137. The number of amides is 1. The fourth-order valence-electron chi connectivity index (χ4n) is 3.90. The Kier molecular flexibility index (Phi) is 5.86. The third kappa shape index (κ3) is 3.88. The van der Waals surface area contributed by atoms with Crippen molar-refractivity contribution in [2.45, 2.75) is 31.2 Å². The Morgan fingerprint density at radius 1 is 1.31 bits per heavy atom. The molecular weight excluding hydrogens is 352 g/mol. The van der Waals surface area contributed by atoms with E-state index in [-0.39, 0.29) is 23.0 Å². The summed E-state index contributed by atoms with van der Waals surface area (Å²) in [6.45, 7) is 5.26. The van der Waals surface area contributed by atoms with E-state index in [1.54, 1.807) is 0 Å². The molecule has 0 aliphatic carbocycles. The van der Waals surface area contributed by atoms with Crippen LogP contribution in [0.25, 0.3) is 0 Å². The van der Waals surface area contributed by atoms with Gasteiger partial charge in [0.1, 0.15) is 24.7 Å². The van der Waals surface area contributed by atoms with Crippen LogP contribution in [0.4, 0.5) is 4.39 Å². The zero-order valence-corrected chi connectivity index (χ0v) is 16.1. The standard InChI is InChI=1S/C19H25FN3O2P/c1-26(2)23-14-21-18(25)19(23)9-12-22(13-10-19)11-3-4-17(24)15-5-7-16(20)8-6-15/h5-8H,1,3-4,9-14H2,2H3/p+1. The molecule has 2 heterocycles. The number of nitrogens with zero attached hydrogens (tertiary/aromatic N) is 2. The monoisotopic (exact) mass is 378 g/mol. The molecule has 1 amide bonds. The number of nitrogens with one attached hydrogen (secondary N) is 1. The maximum atomic E-state index is 12.9. The molecule has 0 aromatic heterocycles. The summed E-state index contributed by atoms with van der Waals surface area (Å²) in [7, 11) is -0.551. The highest BCUT2D eigenvalue weighted by atomic mass is 31.1. The van der Waals surface area contributed by atoms with Gasteiger partial charge in [0.15, 0.2) is 13.5 Å². The smallest absolute Gasteiger partial charge is 0.245 e. The molecule has 1 unspecified atom stereocenters. The molecule has 0 bridgehead atoms. The largest absolute Gasteiger partial charge is 0.338 e. The zero-order chi connectivity index (χ0) is 18.7. The maximum Gasteiger partial charge on any atom is 0.245 e. The average molecular weight is 378 g/mol. The molecule has 26 heavy (non-hydrogen) atoms. The first-order valence-corrected chi connectivity index (χ1v) is 11.0. The van der Waals surface area contributed by atoms with Gasteiger partial charge < -0.3 is 10.2 Å². The Labute approximate surface area is 155 Å². The Hall–Kier alpha value is -1.62. The number of ketones is 1. The van der Waals surface area contributed by atoms with E-state index in [1.807, 2.05) is 0 Å². The molecule has 5 nitrogen and oxygen atoms in total. The van der Waals surface area contributed by atoms with Crippen LogP contribution < -0.4 is 5.32 Å². The van der Waals surface area contributed by atoms with Crippen molar-refractivity contribution in [3.05, 3.63) is 35.6 Å². The second-order valence-electron chi connectivity index (χ2n) is 7.13. The summed E-state index contributed by atoms with van der Waals surface area (Å²) in [6, 6.07) is 5.72. The normalized spacial score (nSPS) is 21.0. The molecule has 1 spiro atoms. The molecule has 0 radical (unpaired) electrons. The lowest BCUT2D eigenvalue weighted by Crippen LogP contribution is -2.54. The molecule has 1 N–H and O–H groups in total. The van der Waals surface area contributed by atoms with Gasteiger partial charge in [-0.2, -0.15) is 0 Å². The number of carbonyl (C=O) groups excluding carboxylic acids is 2. The second-order valence-corrected chi connectivity index (χ2v) is 8.93. The van der Waals surface area contributed by atoms with E-state index in [4.69, 9.17) is 0 Å². The first kappa shape index (κ1) is 19.2. The van der Waals surface area contributed by atoms with E-state index in [0.717, 1.165) is 38.9 Å². The summed E-state index contributed by atoms with van der Waals surface area (Å²) in [4.78, 5) is 26.9. The third-order valence-electron chi connectivity index (χ3n) is 5.45. The number of likely N-dealkylation sites (tertiary alicyclic amines) is 1. The summed E-state index contributed by atoms with van der Waals surface area (Å²) < 4.78 is 15.2. The van der Waals surface area contributed by atoms with Gasteiger partial charge in [0, 0.05) is 25.1 Å². The lowest BCUT2D eigenvalue weighted by atomic mass is 9.87. The van der Waals surface area contributed by atoms with Gasteiger partial charge in [0.05, 0.1) is 6.30 Å². The number of piperidine rings is 1. The fourth-order valence-corrected chi connectivity index (χ4v) is 5.16. The second kappa shape index (κ2) is 7.95. The first-order valence-electron chi connectivity index (χ1n) is 9.03. The maximum absolute atomic E-state index is 12.9. The lowest BCUT2D eigenvalue weighted by molar-refractivity contribution is -0.127. The minimum Gasteiger partial charge on any atom is -0.338 e. The molecule has 7 heteroatoms. The Morgan fingerprint density at radius 2 is 1.96 bits per heavy atom. The molecule has 1 aromatic carbocycles. The predicted molar refractivity (Wildman–Crippen MR) is 103 cm³/mol. The van der Waals surface area contributed by atoms with Crippen LogP contribution in [-0.2, 0) is 4.79 Å². The average Bonchev–Trinajstić information content (AvgIpc) is 2.94. The van der Waals surface area contributed by atoms with Gasteiger partial charge >= 0.3 is 0 Å². The Balaban J connectivity index is 1.47. The van der Waals surface area contributed by atoms with E-state index >= 15 is 0 Å². The van der Waals surface area contributed by atoms with Crippen LogP contribution in [0.5, 0.6) is 0 Å². The first-order chi connectivity index (χ1) is 12.4. The number of benzene rings is 1. The highest BCUT2D eigenvalue weighted by Gasteiger charge is 2.54. The van der Waals surface area contributed by atoms with Gasteiger partial charge in [0.25, 0.3) is 0 Å². The Bertz CT molecular complexity index is 699. The molecule has 140 valence electrons. The van der Waals surface area contributed by atoms with Crippen molar-refractivity contribution in [1.29, 1.82) is 0 Å². The number of carbonyl (C=O) groups is 2. The predicted octanol–water partition coefficient (Wildman–Crippen LogP) is 2.47. The van der Waals surface area contributed by atoms with Gasteiger partial charge in [0.2, 0.25) is 5.91 Å². The van der Waals surface area contributed by atoms with E-state index in [0.29, 0.717) is 18.7 Å². The molecule has 1 aromatic rings. The summed E-state index contributed by atoms with van der Waals surface area (Å²) in [5.41, 5.74) is 0.178. The quantitative estimate of drug-likeness (QED) is 0.610. The van der Waals surface area contributed by atoms with Crippen LogP contribution in [0.2, 0.25) is 0 Å². The molecule has 2 saturated heterocycles. The van der Waals surface area contributed by atoms with Crippen molar-refractivity contribution in [2.24, 2.45) is 0 Å². The van der Waals surface area contributed by atoms with Crippen LogP contribution in [0.1, 0.15) is 36.0 Å². The molecular formula is C19H26FN3O2P+. The molecule has 2 fully saturated rings. The van der Waals surface area contributed by atoms with Crippen molar-refractivity contribution in [2.75, 3.05) is 33.0 Å². The van der Waals surface area contributed by atoms with Gasteiger partial charge in [-0.1, -0.05) is 4.67 Å². The number of rotatable bonds is 6. The lowest BCUT2D eigenvalue weighted by Gasteiger charge is -2.38. The SMILES string of the molecule is C=[P+](C)N1CNC(=O)C12CCN(CCCC(=O)c1ccc(F)cc1)CC2. The summed E-state index contributed by atoms with van der Waals surface area (Å²) in [5, 5.41) is 2.98. The van der Waals surface area contributed by atoms with E-state index in [1.165, 1.54) is 24.3 Å². The number of hydrogen-bond donors (Lipinski definition) is 1. The van der Waals surface area contributed by atoms with Crippen molar-refractivity contribution >= 4 is 25.7 Å². The molecule has 2 aliphatic heterocycles. The fraction of sp³-hybridized carbons (Fsp3) is 0.526. The highest BCUT2D eigenvalue weighted by Crippen LogP contribution is 2.41. The van der Waals surface area contributed by atoms with Gasteiger partial charge in [-0.3, -0.25) is 9.59 Å². The molecule has 1 atom stereocenters. The van der Waals surface area contributed by atoms with Crippen molar-refractivity contribution in [3.63, 3.8) is 0 Å². The topological polar surface area (TPSA) is 52.7 Å². The minimum atomic E-state index is -0.551. The van der Waals surface area contributed by atoms with E-state index in [2.05, 4.69) is 27.9 Å². The third-order valence-corrected chi connectivity index (χ3v) is 6.79. The van der Waals surface area contributed by atoms with Crippen LogP contribution in [0.15, 0.2) is 24.3 Å². The van der Waals surface area contributed by atoms with Crippen molar-refractivity contribution in [1.82, 2.24) is 14.9 Å². The van der Waals surface area contributed by atoms with Crippen LogP contribution >= 0.6 is 7.70 Å². The van der Waals surface area contributed by atoms with Gasteiger partial charge in [-0.25, -0.2) is 4.39 Å². The van der Waals surface area contributed by atoms with Crippen LogP contribution in [-0.4, -0.2) is 66.1 Å². The van der Waals surface area contributed by atoms with Crippen LogP contribution in [0, 0.1) is 5.82 Å². The Morgan fingerprint density at radius 3 is 2.58 bits per heavy atom.